The number of ether oxygens (including phenoxy) is 1. The number of carbonyl (C=O) groups excluding carboxylic acids is 1. The van der Waals surface area contributed by atoms with Crippen LogP contribution in [0.15, 0.2) is 66.2 Å². The van der Waals surface area contributed by atoms with E-state index in [2.05, 4.69) is 0 Å². The Bertz CT molecular complexity index is 726. The predicted octanol–water partition coefficient (Wildman–Crippen LogP) is 3.63. The highest BCUT2D eigenvalue weighted by atomic mass is 32.2. The SMILES string of the molecule is Cc1ccc(C2OC(N)=C(OSCc3ccccc3)C2=O)cc1. The molecule has 1 aliphatic heterocycles. The first-order valence-electron chi connectivity index (χ1n) is 7.26. The average molecular weight is 327 g/mol. The summed E-state index contributed by atoms with van der Waals surface area (Å²) in [4.78, 5) is 12.4. The van der Waals surface area contributed by atoms with Crippen LogP contribution in [0.5, 0.6) is 0 Å². The molecule has 0 saturated carbocycles. The van der Waals surface area contributed by atoms with Crippen LogP contribution in [0.25, 0.3) is 0 Å². The summed E-state index contributed by atoms with van der Waals surface area (Å²) in [7, 11) is 0. The van der Waals surface area contributed by atoms with Gasteiger partial charge in [-0.25, -0.2) is 0 Å². The second-order valence-electron chi connectivity index (χ2n) is 5.30. The smallest absolute Gasteiger partial charge is 0.249 e. The number of aryl methyl sites for hydroxylation is 1. The third-order valence-electron chi connectivity index (χ3n) is 3.52. The molecule has 0 bridgehead atoms. The largest absolute Gasteiger partial charge is 0.460 e. The van der Waals surface area contributed by atoms with Crippen LogP contribution in [0.3, 0.4) is 0 Å². The zero-order chi connectivity index (χ0) is 16.2. The second-order valence-corrected chi connectivity index (χ2v) is 5.99. The fourth-order valence-corrected chi connectivity index (χ4v) is 2.92. The molecule has 0 fully saturated rings. The zero-order valence-corrected chi connectivity index (χ0v) is 13.5. The lowest BCUT2D eigenvalue weighted by Gasteiger charge is -2.09. The highest BCUT2D eigenvalue weighted by Gasteiger charge is 2.37. The number of carbonyl (C=O) groups is 1. The number of Topliss-reactive ketones (excluding diaryl/α,β-unsaturated/α-hetero) is 1. The summed E-state index contributed by atoms with van der Waals surface area (Å²) in [5.74, 6) is 0.518. The van der Waals surface area contributed by atoms with E-state index in [1.165, 1.54) is 12.0 Å². The van der Waals surface area contributed by atoms with Crippen molar-refractivity contribution >= 4 is 17.8 Å². The van der Waals surface area contributed by atoms with Crippen LogP contribution in [0.1, 0.15) is 22.8 Å². The van der Waals surface area contributed by atoms with Crippen molar-refractivity contribution < 1.29 is 13.7 Å². The van der Waals surface area contributed by atoms with Crippen LogP contribution in [0.2, 0.25) is 0 Å². The van der Waals surface area contributed by atoms with Gasteiger partial charge in [-0.15, -0.1) is 0 Å². The molecule has 0 radical (unpaired) electrons. The summed E-state index contributed by atoms with van der Waals surface area (Å²) in [6, 6.07) is 17.5. The van der Waals surface area contributed by atoms with Gasteiger partial charge in [-0.1, -0.05) is 60.2 Å². The fourth-order valence-electron chi connectivity index (χ4n) is 2.25. The van der Waals surface area contributed by atoms with Gasteiger partial charge in [-0.3, -0.25) is 4.79 Å². The number of hydrogen-bond acceptors (Lipinski definition) is 5. The van der Waals surface area contributed by atoms with E-state index >= 15 is 0 Å². The van der Waals surface area contributed by atoms with Gasteiger partial charge >= 0.3 is 0 Å². The molecule has 2 aromatic rings. The molecule has 1 unspecified atom stereocenters. The molecular formula is C18H17NO3S. The Balaban J connectivity index is 1.63. The summed E-state index contributed by atoms with van der Waals surface area (Å²) in [6.45, 7) is 1.99. The summed E-state index contributed by atoms with van der Waals surface area (Å²) in [5.41, 5.74) is 8.81. The number of ketones is 1. The van der Waals surface area contributed by atoms with Gasteiger partial charge in [0.2, 0.25) is 17.4 Å². The molecule has 5 heteroatoms. The van der Waals surface area contributed by atoms with Crippen molar-refractivity contribution in [3.05, 3.63) is 82.9 Å². The Morgan fingerprint density at radius 3 is 2.52 bits per heavy atom. The molecule has 1 atom stereocenters. The highest BCUT2D eigenvalue weighted by Crippen LogP contribution is 2.33. The van der Waals surface area contributed by atoms with Crippen molar-refractivity contribution in [1.29, 1.82) is 0 Å². The molecule has 4 nitrogen and oxygen atoms in total. The van der Waals surface area contributed by atoms with Crippen molar-refractivity contribution in [3.63, 3.8) is 0 Å². The molecule has 0 saturated heterocycles. The molecule has 0 spiro atoms. The van der Waals surface area contributed by atoms with Gasteiger partial charge in [-0.2, -0.15) is 0 Å². The van der Waals surface area contributed by atoms with Crippen molar-refractivity contribution in [2.24, 2.45) is 5.73 Å². The minimum atomic E-state index is -0.720. The second kappa shape index (κ2) is 6.79. The first-order chi connectivity index (χ1) is 11.1. The lowest BCUT2D eigenvalue weighted by atomic mass is 10.0. The molecule has 2 N–H and O–H groups in total. The maximum absolute atomic E-state index is 12.4. The Labute approximate surface area is 139 Å². The van der Waals surface area contributed by atoms with Crippen LogP contribution >= 0.6 is 12.0 Å². The van der Waals surface area contributed by atoms with Crippen molar-refractivity contribution in [2.45, 2.75) is 18.8 Å². The third-order valence-corrected chi connectivity index (χ3v) is 4.26. The Hall–Kier alpha value is -2.40. The normalized spacial score (nSPS) is 17.3. The molecule has 0 amide bonds. The number of benzene rings is 2. The van der Waals surface area contributed by atoms with E-state index in [0.29, 0.717) is 5.75 Å². The molecule has 3 rings (SSSR count). The van der Waals surface area contributed by atoms with Gasteiger partial charge in [-0.05, 0) is 12.5 Å². The molecule has 23 heavy (non-hydrogen) atoms. The maximum atomic E-state index is 12.4. The van der Waals surface area contributed by atoms with E-state index in [4.69, 9.17) is 14.7 Å². The molecule has 0 aromatic heterocycles. The summed E-state index contributed by atoms with van der Waals surface area (Å²) in [6.07, 6.45) is -0.720. The van der Waals surface area contributed by atoms with Crippen LogP contribution in [0, 0.1) is 6.92 Å². The maximum Gasteiger partial charge on any atom is 0.249 e. The van der Waals surface area contributed by atoms with E-state index in [9.17, 15) is 4.79 Å². The van der Waals surface area contributed by atoms with Gasteiger partial charge < -0.3 is 14.7 Å². The van der Waals surface area contributed by atoms with E-state index in [1.54, 1.807) is 0 Å². The topological polar surface area (TPSA) is 61.6 Å². The predicted molar refractivity (Wildman–Crippen MR) is 90.0 cm³/mol. The van der Waals surface area contributed by atoms with Gasteiger partial charge in [0, 0.05) is 5.56 Å². The third kappa shape index (κ3) is 3.51. The standard InChI is InChI=1S/C18H17NO3S/c1-12-7-9-14(10-8-12)16-15(20)17(18(19)21-16)22-23-11-13-5-3-2-4-6-13/h2-10,16H,11,19H2,1H3. The molecule has 0 aliphatic carbocycles. The summed E-state index contributed by atoms with van der Waals surface area (Å²) < 4.78 is 11.0. The molecule has 2 aromatic carbocycles. The van der Waals surface area contributed by atoms with Crippen molar-refractivity contribution in [2.75, 3.05) is 0 Å². The summed E-state index contributed by atoms with van der Waals surface area (Å²) in [5, 5.41) is 0. The first kappa shape index (κ1) is 15.5. The Morgan fingerprint density at radius 2 is 1.83 bits per heavy atom. The minimum Gasteiger partial charge on any atom is -0.460 e. The minimum absolute atomic E-state index is 0.0427. The monoisotopic (exact) mass is 327 g/mol. The van der Waals surface area contributed by atoms with E-state index in [0.717, 1.165) is 16.7 Å². The van der Waals surface area contributed by atoms with Gasteiger partial charge in [0.1, 0.15) is 0 Å². The van der Waals surface area contributed by atoms with Crippen molar-refractivity contribution in [1.82, 2.24) is 0 Å². The molecule has 118 valence electrons. The van der Waals surface area contributed by atoms with Gasteiger partial charge in [0.25, 0.3) is 0 Å². The van der Waals surface area contributed by atoms with Crippen LogP contribution in [-0.2, 0) is 19.5 Å². The fraction of sp³-hybridized carbons (Fsp3) is 0.167. The van der Waals surface area contributed by atoms with Crippen LogP contribution < -0.4 is 5.73 Å². The zero-order valence-electron chi connectivity index (χ0n) is 12.7. The molecule has 1 heterocycles. The molecular weight excluding hydrogens is 310 g/mol. The van der Waals surface area contributed by atoms with Gasteiger partial charge in [0.15, 0.2) is 6.10 Å². The lowest BCUT2D eigenvalue weighted by molar-refractivity contribution is -0.122. The van der Waals surface area contributed by atoms with E-state index in [-0.39, 0.29) is 17.4 Å². The molecule has 1 aliphatic rings. The lowest BCUT2D eigenvalue weighted by Crippen LogP contribution is -2.10. The summed E-state index contributed by atoms with van der Waals surface area (Å²) >= 11 is 1.17. The Morgan fingerprint density at radius 1 is 1.13 bits per heavy atom. The quantitative estimate of drug-likeness (QED) is 0.850. The average Bonchev–Trinajstić information content (AvgIpc) is 2.85. The Kier molecular flexibility index (Phi) is 4.57. The van der Waals surface area contributed by atoms with Gasteiger partial charge in [0.05, 0.1) is 17.8 Å². The number of nitrogens with two attached hydrogens (primary N) is 1. The van der Waals surface area contributed by atoms with Crippen molar-refractivity contribution in [3.8, 4) is 0 Å². The van der Waals surface area contributed by atoms with Crippen LogP contribution in [0.4, 0.5) is 0 Å². The van der Waals surface area contributed by atoms with E-state index in [1.807, 2.05) is 61.5 Å². The van der Waals surface area contributed by atoms with E-state index < -0.39 is 6.10 Å². The first-order valence-corrected chi connectivity index (χ1v) is 8.17. The highest BCUT2D eigenvalue weighted by molar-refractivity contribution is 7.94. The number of rotatable bonds is 5. The van der Waals surface area contributed by atoms with Crippen LogP contribution in [-0.4, -0.2) is 5.78 Å². The number of hydrogen-bond donors (Lipinski definition) is 1.